The standard InChI is InChI=1S/C11H13N5/c1-2-9(6-14-10-3-4-10)11(13-5-1)16-8-12-7-15-16/h1-2,5,7-8,10,14H,3-4,6H2. The number of aromatic nitrogens is 4. The van der Waals surface area contributed by atoms with Crippen molar-refractivity contribution in [3.63, 3.8) is 0 Å². The Balaban J connectivity index is 1.85. The maximum absolute atomic E-state index is 4.34. The summed E-state index contributed by atoms with van der Waals surface area (Å²) in [6, 6.07) is 4.72. The summed E-state index contributed by atoms with van der Waals surface area (Å²) < 4.78 is 1.70. The fourth-order valence-electron chi connectivity index (χ4n) is 1.63. The summed E-state index contributed by atoms with van der Waals surface area (Å²) in [5.74, 6) is 0.855. The van der Waals surface area contributed by atoms with Crippen LogP contribution in [0.25, 0.3) is 5.82 Å². The van der Waals surface area contributed by atoms with Crippen LogP contribution >= 0.6 is 0 Å². The van der Waals surface area contributed by atoms with E-state index in [0.29, 0.717) is 6.04 Å². The van der Waals surface area contributed by atoms with Crippen molar-refractivity contribution >= 4 is 0 Å². The van der Waals surface area contributed by atoms with E-state index in [-0.39, 0.29) is 0 Å². The summed E-state index contributed by atoms with van der Waals surface area (Å²) in [5.41, 5.74) is 1.15. The van der Waals surface area contributed by atoms with Crippen molar-refractivity contribution < 1.29 is 0 Å². The zero-order chi connectivity index (χ0) is 10.8. The van der Waals surface area contributed by atoms with Crippen molar-refractivity contribution in [3.05, 3.63) is 36.5 Å². The van der Waals surface area contributed by atoms with Gasteiger partial charge in [-0.2, -0.15) is 5.10 Å². The van der Waals surface area contributed by atoms with E-state index in [0.717, 1.165) is 17.9 Å². The van der Waals surface area contributed by atoms with Gasteiger partial charge in [0.2, 0.25) is 0 Å². The summed E-state index contributed by atoms with van der Waals surface area (Å²) in [7, 11) is 0. The van der Waals surface area contributed by atoms with Crippen LogP contribution in [-0.2, 0) is 6.54 Å². The molecule has 3 rings (SSSR count). The molecule has 2 aromatic heterocycles. The Labute approximate surface area is 93.5 Å². The van der Waals surface area contributed by atoms with Crippen LogP contribution in [0.1, 0.15) is 18.4 Å². The SMILES string of the molecule is c1cnc(-n2cncn2)c(CNC2CC2)c1. The van der Waals surface area contributed by atoms with E-state index in [1.165, 1.54) is 19.2 Å². The fraction of sp³-hybridized carbons (Fsp3) is 0.364. The molecule has 5 heteroatoms. The zero-order valence-corrected chi connectivity index (χ0v) is 8.87. The summed E-state index contributed by atoms with van der Waals surface area (Å²) in [5, 5.41) is 7.58. The first-order valence-electron chi connectivity index (χ1n) is 5.46. The summed E-state index contributed by atoms with van der Waals surface area (Å²) in [6.07, 6.45) is 7.55. The Morgan fingerprint density at radius 1 is 1.44 bits per heavy atom. The van der Waals surface area contributed by atoms with Crippen LogP contribution in [0.4, 0.5) is 0 Å². The summed E-state index contributed by atoms with van der Waals surface area (Å²) >= 11 is 0. The molecule has 1 aliphatic carbocycles. The molecule has 0 radical (unpaired) electrons. The molecule has 1 saturated carbocycles. The highest BCUT2D eigenvalue weighted by Gasteiger charge is 2.20. The van der Waals surface area contributed by atoms with Crippen molar-refractivity contribution in [3.8, 4) is 5.82 Å². The van der Waals surface area contributed by atoms with Crippen molar-refractivity contribution in [2.45, 2.75) is 25.4 Å². The maximum atomic E-state index is 4.34. The third kappa shape index (κ3) is 1.94. The molecule has 1 N–H and O–H groups in total. The second kappa shape index (κ2) is 4.02. The Morgan fingerprint density at radius 2 is 2.38 bits per heavy atom. The summed E-state index contributed by atoms with van der Waals surface area (Å²) in [4.78, 5) is 8.28. The van der Waals surface area contributed by atoms with Gasteiger partial charge in [0, 0.05) is 24.3 Å². The quantitative estimate of drug-likeness (QED) is 0.823. The first kappa shape index (κ1) is 9.47. The first-order chi connectivity index (χ1) is 7.93. The molecular formula is C11H13N5. The molecule has 0 aromatic carbocycles. The zero-order valence-electron chi connectivity index (χ0n) is 8.87. The van der Waals surface area contributed by atoms with Crippen LogP contribution in [0.2, 0.25) is 0 Å². The Bertz CT molecular complexity index is 461. The van der Waals surface area contributed by atoms with E-state index in [9.17, 15) is 0 Å². The average Bonchev–Trinajstić information content (AvgIpc) is 3.00. The predicted octanol–water partition coefficient (Wildman–Crippen LogP) is 0.914. The second-order valence-electron chi connectivity index (χ2n) is 3.98. The van der Waals surface area contributed by atoms with Crippen molar-refractivity contribution in [1.29, 1.82) is 0 Å². The van der Waals surface area contributed by atoms with Gasteiger partial charge in [-0.3, -0.25) is 0 Å². The molecule has 0 saturated heterocycles. The second-order valence-corrected chi connectivity index (χ2v) is 3.98. The maximum Gasteiger partial charge on any atom is 0.159 e. The molecular weight excluding hydrogens is 202 g/mol. The van der Waals surface area contributed by atoms with Gasteiger partial charge >= 0.3 is 0 Å². The van der Waals surface area contributed by atoms with Crippen LogP contribution in [0.3, 0.4) is 0 Å². The van der Waals surface area contributed by atoms with Crippen molar-refractivity contribution in [2.24, 2.45) is 0 Å². The molecule has 0 bridgehead atoms. The molecule has 0 aliphatic heterocycles. The lowest BCUT2D eigenvalue weighted by Gasteiger charge is -2.08. The predicted molar refractivity (Wildman–Crippen MR) is 59.0 cm³/mol. The number of hydrogen-bond acceptors (Lipinski definition) is 4. The largest absolute Gasteiger partial charge is 0.310 e. The van der Waals surface area contributed by atoms with E-state index in [2.05, 4.69) is 26.4 Å². The van der Waals surface area contributed by atoms with Gasteiger partial charge in [0.15, 0.2) is 5.82 Å². The first-order valence-corrected chi connectivity index (χ1v) is 5.46. The topological polar surface area (TPSA) is 55.6 Å². The molecule has 16 heavy (non-hydrogen) atoms. The number of nitrogens with zero attached hydrogens (tertiary/aromatic N) is 4. The molecule has 1 fully saturated rings. The van der Waals surface area contributed by atoms with Crippen LogP contribution < -0.4 is 5.32 Å². The van der Waals surface area contributed by atoms with Crippen LogP contribution in [0, 0.1) is 0 Å². The van der Waals surface area contributed by atoms with Crippen molar-refractivity contribution in [2.75, 3.05) is 0 Å². The van der Waals surface area contributed by atoms with Gasteiger partial charge in [-0.15, -0.1) is 0 Å². The molecule has 2 aromatic rings. The molecule has 0 spiro atoms. The Hall–Kier alpha value is -1.75. The molecule has 0 atom stereocenters. The lowest BCUT2D eigenvalue weighted by Crippen LogP contribution is -2.17. The van der Waals surface area contributed by atoms with Crippen LogP contribution in [-0.4, -0.2) is 25.8 Å². The van der Waals surface area contributed by atoms with Gasteiger partial charge in [-0.05, 0) is 18.9 Å². The van der Waals surface area contributed by atoms with Crippen LogP contribution in [0.5, 0.6) is 0 Å². The molecule has 82 valence electrons. The smallest absolute Gasteiger partial charge is 0.159 e. The fourth-order valence-corrected chi connectivity index (χ4v) is 1.63. The van der Waals surface area contributed by atoms with Gasteiger partial charge in [-0.1, -0.05) is 6.07 Å². The number of nitrogens with one attached hydrogen (secondary N) is 1. The van der Waals surface area contributed by atoms with E-state index in [4.69, 9.17) is 0 Å². The van der Waals surface area contributed by atoms with Crippen LogP contribution in [0.15, 0.2) is 31.0 Å². The number of pyridine rings is 1. The normalized spacial score (nSPS) is 15.2. The van der Waals surface area contributed by atoms with E-state index in [1.54, 1.807) is 17.2 Å². The monoisotopic (exact) mass is 215 g/mol. The summed E-state index contributed by atoms with van der Waals surface area (Å²) in [6.45, 7) is 0.841. The van der Waals surface area contributed by atoms with E-state index < -0.39 is 0 Å². The third-order valence-corrected chi connectivity index (χ3v) is 2.66. The molecule has 0 unspecified atom stereocenters. The Kier molecular flexibility index (Phi) is 2.38. The molecule has 5 nitrogen and oxygen atoms in total. The number of rotatable bonds is 4. The third-order valence-electron chi connectivity index (χ3n) is 2.66. The molecule has 2 heterocycles. The van der Waals surface area contributed by atoms with Crippen molar-refractivity contribution in [1.82, 2.24) is 25.1 Å². The lowest BCUT2D eigenvalue weighted by atomic mass is 10.2. The molecule has 0 amide bonds. The highest BCUT2D eigenvalue weighted by atomic mass is 15.3. The van der Waals surface area contributed by atoms with Gasteiger partial charge < -0.3 is 5.32 Å². The lowest BCUT2D eigenvalue weighted by molar-refractivity contribution is 0.676. The van der Waals surface area contributed by atoms with Gasteiger partial charge in [0.1, 0.15) is 12.7 Å². The minimum absolute atomic E-state index is 0.698. The van der Waals surface area contributed by atoms with Gasteiger partial charge in [0.25, 0.3) is 0 Å². The highest BCUT2D eigenvalue weighted by molar-refractivity contribution is 5.32. The van der Waals surface area contributed by atoms with E-state index in [1.807, 2.05) is 6.07 Å². The average molecular weight is 215 g/mol. The molecule has 1 aliphatic rings. The minimum atomic E-state index is 0.698. The Morgan fingerprint density at radius 3 is 3.12 bits per heavy atom. The number of hydrogen-bond donors (Lipinski definition) is 1. The minimum Gasteiger partial charge on any atom is -0.310 e. The van der Waals surface area contributed by atoms with Gasteiger partial charge in [0.05, 0.1) is 0 Å². The highest BCUT2D eigenvalue weighted by Crippen LogP contribution is 2.20. The van der Waals surface area contributed by atoms with Gasteiger partial charge in [-0.25, -0.2) is 14.6 Å². The van der Waals surface area contributed by atoms with E-state index >= 15 is 0 Å².